The van der Waals surface area contributed by atoms with Crippen molar-refractivity contribution >= 4 is 6.29 Å². The summed E-state index contributed by atoms with van der Waals surface area (Å²) in [6.07, 6.45) is 20.7. The summed E-state index contributed by atoms with van der Waals surface area (Å²) in [5.41, 5.74) is 5.23. The number of hydrogen-bond donors (Lipinski definition) is 0. The summed E-state index contributed by atoms with van der Waals surface area (Å²) in [5.74, 6) is 3.57. The monoisotopic (exact) mass is 302 g/mol. The lowest BCUT2D eigenvalue weighted by atomic mass is 9.78. The van der Waals surface area contributed by atoms with Crippen LogP contribution >= 0.6 is 0 Å². The van der Waals surface area contributed by atoms with Gasteiger partial charge in [0, 0.05) is 11.5 Å². The molecule has 0 aliphatic heterocycles. The lowest BCUT2D eigenvalue weighted by Gasteiger charge is -2.26. The SMILES string of the molecule is C#Cc1ccccc1C1CCC(C=O)CC1.C1=CC2=CC=C1C2. The molecule has 0 radical (unpaired) electrons. The standard InChI is InChI=1S/C15H16O.C7H6/c1-2-13-5-3-4-6-15(13)14-9-7-12(11-16)8-10-14;1-2-7-4-3-6(1)5-7/h1,3-6,11-12,14H,7-10H2;1-4H,5H2. The summed E-state index contributed by atoms with van der Waals surface area (Å²) in [4.78, 5) is 10.7. The highest BCUT2D eigenvalue weighted by Crippen LogP contribution is 2.36. The number of terminal acetylenes is 1. The second-order valence-electron chi connectivity index (χ2n) is 6.47. The lowest BCUT2D eigenvalue weighted by Crippen LogP contribution is -2.14. The van der Waals surface area contributed by atoms with E-state index < -0.39 is 0 Å². The Hall–Kier alpha value is -2.33. The first-order valence-corrected chi connectivity index (χ1v) is 8.39. The average Bonchev–Trinajstić information content (AvgIpc) is 3.28. The second-order valence-corrected chi connectivity index (χ2v) is 6.47. The number of benzene rings is 1. The van der Waals surface area contributed by atoms with Crippen LogP contribution in [-0.2, 0) is 4.79 Å². The van der Waals surface area contributed by atoms with Gasteiger partial charge in [0.05, 0.1) is 0 Å². The van der Waals surface area contributed by atoms with E-state index in [0.717, 1.165) is 37.5 Å². The third-order valence-electron chi connectivity index (χ3n) is 4.95. The van der Waals surface area contributed by atoms with Gasteiger partial charge in [-0.2, -0.15) is 0 Å². The van der Waals surface area contributed by atoms with E-state index >= 15 is 0 Å². The van der Waals surface area contributed by atoms with Gasteiger partial charge in [-0.1, -0.05) is 48.4 Å². The van der Waals surface area contributed by atoms with Crippen molar-refractivity contribution < 1.29 is 4.79 Å². The lowest BCUT2D eigenvalue weighted by molar-refractivity contribution is -0.111. The Kier molecular flexibility index (Phi) is 4.93. The Morgan fingerprint density at radius 3 is 2.13 bits per heavy atom. The van der Waals surface area contributed by atoms with Crippen LogP contribution in [0.4, 0.5) is 0 Å². The van der Waals surface area contributed by atoms with Gasteiger partial charge in [0.2, 0.25) is 0 Å². The fraction of sp³-hybridized carbons (Fsp3) is 0.318. The number of aldehydes is 1. The van der Waals surface area contributed by atoms with Crippen LogP contribution in [0.5, 0.6) is 0 Å². The minimum atomic E-state index is 0.272. The van der Waals surface area contributed by atoms with Crippen LogP contribution in [0.3, 0.4) is 0 Å². The average molecular weight is 302 g/mol. The number of carbonyl (C=O) groups is 1. The third kappa shape index (κ3) is 3.71. The quantitative estimate of drug-likeness (QED) is 0.558. The normalized spacial score (nSPS) is 24.1. The molecular formula is C22H22O. The van der Waals surface area contributed by atoms with Crippen LogP contribution in [0, 0.1) is 18.3 Å². The molecule has 0 N–H and O–H groups in total. The molecule has 0 unspecified atom stereocenters. The Balaban J connectivity index is 0.000000183. The number of carbonyl (C=O) groups excluding carboxylic acids is 1. The van der Waals surface area contributed by atoms with Gasteiger partial charge in [0.25, 0.3) is 0 Å². The molecule has 1 fully saturated rings. The zero-order valence-electron chi connectivity index (χ0n) is 13.4. The van der Waals surface area contributed by atoms with Crippen molar-refractivity contribution in [2.45, 2.75) is 38.0 Å². The van der Waals surface area contributed by atoms with Crippen molar-refractivity contribution in [2.24, 2.45) is 5.92 Å². The summed E-state index contributed by atoms with van der Waals surface area (Å²) < 4.78 is 0. The van der Waals surface area contributed by atoms with Gasteiger partial charge in [-0.05, 0) is 60.8 Å². The summed E-state index contributed by atoms with van der Waals surface area (Å²) in [6, 6.07) is 8.15. The van der Waals surface area contributed by atoms with Crippen LogP contribution in [0.2, 0.25) is 0 Å². The minimum absolute atomic E-state index is 0.272. The van der Waals surface area contributed by atoms with Gasteiger partial charge in [-0.3, -0.25) is 0 Å². The van der Waals surface area contributed by atoms with Crippen molar-refractivity contribution in [1.82, 2.24) is 0 Å². The van der Waals surface area contributed by atoms with Crippen LogP contribution in [-0.4, -0.2) is 6.29 Å². The van der Waals surface area contributed by atoms with Gasteiger partial charge in [-0.25, -0.2) is 0 Å². The topological polar surface area (TPSA) is 17.1 Å². The Morgan fingerprint density at radius 2 is 1.65 bits per heavy atom. The van der Waals surface area contributed by atoms with Gasteiger partial charge < -0.3 is 4.79 Å². The second kappa shape index (κ2) is 7.29. The number of hydrogen-bond acceptors (Lipinski definition) is 1. The predicted molar refractivity (Wildman–Crippen MR) is 95.1 cm³/mol. The van der Waals surface area contributed by atoms with Crippen molar-refractivity contribution in [3.05, 3.63) is 70.8 Å². The molecule has 116 valence electrons. The van der Waals surface area contributed by atoms with E-state index in [2.05, 4.69) is 36.3 Å². The first kappa shape index (κ1) is 15.6. The molecule has 0 amide bonds. The molecule has 3 aliphatic carbocycles. The van der Waals surface area contributed by atoms with Crippen molar-refractivity contribution in [3.63, 3.8) is 0 Å². The molecule has 3 aliphatic rings. The molecule has 23 heavy (non-hydrogen) atoms. The molecular weight excluding hydrogens is 280 g/mol. The number of rotatable bonds is 2. The number of fused-ring (bicyclic) bond motifs is 2. The van der Waals surface area contributed by atoms with E-state index in [-0.39, 0.29) is 5.92 Å². The van der Waals surface area contributed by atoms with E-state index in [4.69, 9.17) is 6.42 Å². The minimum Gasteiger partial charge on any atom is -0.303 e. The molecule has 1 nitrogen and oxygen atoms in total. The molecule has 0 aromatic heterocycles. The van der Waals surface area contributed by atoms with Crippen LogP contribution < -0.4 is 0 Å². The Bertz CT molecular complexity index is 684. The van der Waals surface area contributed by atoms with E-state index in [1.54, 1.807) is 0 Å². The van der Waals surface area contributed by atoms with Gasteiger partial charge in [0.15, 0.2) is 0 Å². The van der Waals surface area contributed by atoms with E-state index in [0.29, 0.717) is 5.92 Å². The first-order valence-electron chi connectivity index (χ1n) is 8.39. The molecule has 1 aromatic carbocycles. The molecule has 2 bridgehead atoms. The maximum absolute atomic E-state index is 10.7. The summed E-state index contributed by atoms with van der Waals surface area (Å²) in [5, 5.41) is 0. The molecule has 0 spiro atoms. The Labute approximate surface area is 138 Å². The highest BCUT2D eigenvalue weighted by molar-refractivity contribution is 5.54. The zero-order valence-corrected chi connectivity index (χ0v) is 13.4. The first-order chi connectivity index (χ1) is 11.3. The molecule has 1 saturated carbocycles. The molecule has 0 saturated heterocycles. The van der Waals surface area contributed by atoms with Crippen molar-refractivity contribution in [2.75, 3.05) is 0 Å². The summed E-state index contributed by atoms with van der Waals surface area (Å²) in [7, 11) is 0. The highest BCUT2D eigenvalue weighted by atomic mass is 16.1. The van der Waals surface area contributed by atoms with E-state index in [1.165, 1.54) is 23.1 Å². The Morgan fingerprint density at radius 1 is 1.00 bits per heavy atom. The van der Waals surface area contributed by atoms with Crippen molar-refractivity contribution in [1.29, 1.82) is 0 Å². The number of allylic oxidation sites excluding steroid dienone is 6. The third-order valence-corrected chi connectivity index (χ3v) is 4.95. The van der Waals surface area contributed by atoms with Crippen LogP contribution in [0.1, 0.15) is 49.1 Å². The zero-order chi connectivity index (χ0) is 16.1. The molecule has 1 aromatic rings. The van der Waals surface area contributed by atoms with E-state index in [1.807, 2.05) is 18.2 Å². The van der Waals surface area contributed by atoms with Crippen LogP contribution in [0.25, 0.3) is 0 Å². The van der Waals surface area contributed by atoms with Gasteiger partial charge >= 0.3 is 0 Å². The predicted octanol–water partition coefficient (Wildman–Crippen LogP) is 4.95. The molecule has 4 rings (SSSR count). The van der Waals surface area contributed by atoms with Crippen LogP contribution in [0.15, 0.2) is 59.7 Å². The smallest absolute Gasteiger partial charge is 0.123 e. The largest absolute Gasteiger partial charge is 0.303 e. The van der Waals surface area contributed by atoms with Gasteiger partial charge in [0.1, 0.15) is 6.29 Å². The maximum Gasteiger partial charge on any atom is 0.123 e. The fourth-order valence-electron chi connectivity index (χ4n) is 3.56. The molecule has 1 heteroatoms. The maximum atomic E-state index is 10.7. The highest BCUT2D eigenvalue weighted by Gasteiger charge is 2.23. The van der Waals surface area contributed by atoms with E-state index in [9.17, 15) is 4.79 Å². The molecule has 0 heterocycles. The summed E-state index contributed by atoms with van der Waals surface area (Å²) >= 11 is 0. The summed E-state index contributed by atoms with van der Waals surface area (Å²) in [6.45, 7) is 0. The fourth-order valence-corrected chi connectivity index (χ4v) is 3.56. The van der Waals surface area contributed by atoms with Gasteiger partial charge in [-0.15, -0.1) is 6.42 Å². The van der Waals surface area contributed by atoms with Crippen molar-refractivity contribution in [3.8, 4) is 12.3 Å². The molecule has 0 atom stereocenters.